The molecule has 0 aliphatic carbocycles. The number of aromatic nitrogens is 3. The van der Waals surface area contributed by atoms with E-state index in [4.69, 9.17) is 4.74 Å². The molecule has 8 heteroatoms. The quantitative estimate of drug-likeness (QED) is 0.283. The van der Waals surface area contributed by atoms with Gasteiger partial charge in [-0.15, -0.1) is 34.2 Å². The zero-order valence-corrected chi connectivity index (χ0v) is 20.3. The third-order valence-corrected chi connectivity index (χ3v) is 5.21. The molecule has 0 radical (unpaired) electrons. The highest BCUT2D eigenvalue weighted by molar-refractivity contribution is 14.0. The molecule has 2 N–H and O–H groups in total. The Morgan fingerprint density at radius 1 is 1.06 bits per heavy atom. The molecule has 0 bridgehead atoms. The van der Waals surface area contributed by atoms with Crippen LogP contribution in [0.15, 0.2) is 53.5 Å². The molecule has 0 saturated heterocycles. The highest BCUT2D eigenvalue weighted by Crippen LogP contribution is 2.26. The van der Waals surface area contributed by atoms with E-state index in [1.54, 1.807) is 7.05 Å². The van der Waals surface area contributed by atoms with Gasteiger partial charge in [0.25, 0.3) is 0 Å². The summed E-state index contributed by atoms with van der Waals surface area (Å²) in [5.74, 6) is 4.42. The van der Waals surface area contributed by atoms with Crippen molar-refractivity contribution in [1.82, 2.24) is 25.4 Å². The van der Waals surface area contributed by atoms with Gasteiger partial charge in [0.05, 0.1) is 6.54 Å². The van der Waals surface area contributed by atoms with Crippen LogP contribution < -0.4 is 15.4 Å². The number of para-hydroxylation sites is 1. The predicted octanol–water partition coefficient (Wildman–Crippen LogP) is 4.20. The molecule has 31 heavy (non-hydrogen) atoms. The first-order valence-electron chi connectivity index (χ1n) is 10.4. The SMILES string of the molecule is CN=C(NCc1ccc(C)cc1Oc1ccccc1)NCc1nnc2n1CCCC2.I. The zero-order valence-electron chi connectivity index (χ0n) is 18.0. The number of hydrogen-bond acceptors (Lipinski definition) is 4. The predicted molar refractivity (Wildman–Crippen MR) is 133 cm³/mol. The number of ether oxygens (including phenoxy) is 1. The van der Waals surface area contributed by atoms with Crippen molar-refractivity contribution in [2.45, 2.75) is 45.8 Å². The summed E-state index contributed by atoms with van der Waals surface area (Å²) in [5, 5.41) is 15.4. The fraction of sp³-hybridized carbons (Fsp3) is 0.348. The Bertz CT molecular complexity index is 1020. The lowest BCUT2D eigenvalue weighted by atomic mass is 10.1. The normalized spacial score (nSPS) is 13.2. The molecule has 1 aliphatic rings. The fourth-order valence-electron chi connectivity index (χ4n) is 3.58. The molecule has 164 valence electrons. The Morgan fingerprint density at radius 3 is 2.68 bits per heavy atom. The Labute approximate surface area is 200 Å². The van der Waals surface area contributed by atoms with Gasteiger partial charge in [0, 0.05) is 32.1 Å². The Hall–Kier alpha value is -2.62. The molecule has 0 unspecified atom stereocenters. The minimum atomic E-state index is 0. The van der Waals surface area contributed by atoms with E-state index in [0.29, 0.717) is 13.1 Å². The smallest absolute Gasteiger partial charge is 0.191 e. The number of halogens is 1. The molecule has 3 aromatic rings. The van der Waals surface area contributed by atoms with Crippen LogP contribution >= 0.6 is 24.0 Å². The van der Waals surface area contributed by atoms with Crippen molar-refractivity contribution in [2.75, 3.05) is 7.05 Å². The first-order chi connectivity index (χ1) is 14.7. The number of rotatable bonds is 6. The van der Waals surface area contributed by atoms with Crippen LogP contribution in [0.5, 0.6) is 11.5 Å². The summed E-state index contributed by atoms with van der Waals surface area (Å²) in [6, 6.07) is 16.1. The van der Waals surface area contributed by atoms with Gasteiger partial charge in [-0.2, -0.15) is 0 Å². The molecule has 0 atom stereocenters. The maximum Gasteiger partial charge on any atom is 0.191 e. The Balaban J connectivity index is 0.00000272. The molecule has 1 aliphatic heterocycles. The average Bonchev–Trinajstić information content (AvgIpc) is 3.19. The van der Waals surface area contributed by atoms with Gasteiger partial charge in [0.2, 0.25) is 0 Å². The van der Waals surface area contributed by atoms with Gasteiger partial charge in [0.15, 0.2) is 11.8 Å². The monoisotopic (exact) mass is 532 g/mol. The van der Waals surface area contributed by atoms with E-state index in [1.165, 1.54) is 12.8 Å². The summed E-state index contributed by atoms with van der Waals surface area (Å²) in [4.78, 5) is 4.34. The van der Waals surface area contributed by atoms with E-state index in [9.17, 15) is 0 Å². The molecule has 0 amide bonds. The van der Waals surface area contributed by atoms with E-state index in [-0.39, 0.29) is 24.0 Å². The van der Waals surface area contributed by atoms with E-state index >= 15 is 0 Å². The van der Waals surface area contributed by atoms with Gasteiger partial charge in [-0.1, -0.05) is 30.3 Å². The molecule has 0 saturated carbocycles. The Morgan fingerprint density at radius 2 is 1.87 bits per heavy atom. The lowest BCUT2D eigenvalue weighted by Crippen LogP contribution is -2.37. The fourth-order valence-corrected chi connectivity index (χ4v) is 3.58. The zero-order chi connectivity index (χ0) is 20.8. The second-order valence-corrected chi connectivity index (χ2v) is 7.45. The third kappa shape index (κ3) is 5.96. The number of hydrogen-bond donors (Lipinski definition) is 2. The van der Waals surface area contributed by atoms with Gasteiger partial charge < -0.3 is 19.9 Å². The van der Waals surface area contributed by atoms with E-state index in [1.807, 2.05) is 30.3 Å². The molecular formula is C23H29IN6O. The number of nitrogens with one attached hydrogen (secondary N) is 2. The lowest BCUT2D eigenvalue weighted by molar-refractivity contribution is 0.474. The number of fused-ring (bicyclic) bond motifs is 1. The molecular weight excluding hydrogens is 503 g/mol. The van der Waals surface area contributed by atoms with Crippen LogP contribution in [-0.4, -0.2) is 27.8 Å². The molecule has 7 nitrogen and oxygen atoms in total. The summed E-state index contributed by atoms with van der Waals surface area (Å²) in [5.41, 5.74) is 2.22. The molecule has 4 rings (SSSR count). The molecule has 2 aromatic carbocycles. The van der Waals surface area contributed by atoms with Crippen LogP contribution in [0.4, 0.5) is 0 Å². The van der Waals surface area contributed by atoms with Gasteiger partial charge in [-0.3, -0.25) is 4.99 Å². The number of guanidine groups is 1. The molecule has 1 aromatic heterocycles. The van der Waals surface area contributed by atoms with Crippen molar-refractivity contribution in [3.8, 4) is 11.5 Å². The second-order valence-electron chi connectivity index (χ2n) is 7.45. The summed E-state index contributed by atoms with van der Waals surface area (Å²) < 4.78 is 8.33. The third-order valence-electron chi connectivity index (χ3n) is 5.21. The van der Waals surface area contributed by atoms with Gasteiger partial charge in [-0.25, -0.2) is 0 Å². The van der Waals surface area contributed by atoms with Crippen LogP contribution in [0.3, 0.4) is 0 Å². The van der Waals surface area contributed by atoms with Crippen molar-refractivity contribution in [2.24, 2.45) is 4.99 Å². The van der Waals surface area contributed by atoms with Crippen LogP contribution in [0.25, 0.3) is 0 Å². The topological polar surface area (TPSA) is 76.4 Å². The maximum atomic E-state index is 6.12. The van der Waals surface area contributed by atoms with Crippen molar-refractivity contribution in [3.05, 3.63) is 71.3 Å². The molecule has 0 fully saturated rings. The van der Waals surface area contributed by atoms with Crippen LogP contribution in [0.2, 0.25) is 0 Å². The van der Waals surface area contributed by atoms with Crippen molar-refractivity contribution < 1.29 is 4.74 Å². The van der Waals surface area contributed by atoms with Crippen LogP contribution in [0, 0.1) is 6.92 Å². The maximum absolute atomic E-state index is 6.12. The van der Waals surface area contributed by atoms with Gasteiger partial charge in [0.1, 0.15) is 17.3 Å². The van der Waals surface area contributed by atoms with Crippen LogP contribution in [-0.2, 0) is 26.1 Å². The number of aryl methyl sites for hydroxylation is 2. The lowest BCUT2D eigenvalue weighted by Gasteiger charge is -2.17. The van der Waals surface area contributed by atoms with Crippen LogP contribution in [0.1, 0.15) is 35.6 Å². The van der Waals surface area contributed by atoms with Crippen molar-refractivity contribution >= 4 is 29.9 Å². The van der Waals surface area contributed by atoms with E-state index in [0.717, 1.165) is 53.2 Å². The van der Waals surface area contributed by atoms with Crippen molar-refractivity contribution in [1.29, 1.82) is 0 Å². The summed E-state index contributed by atoms with van der Waals surface area (Å²) in [6.45, 7) is 4.25. The largest absolute Gasteiger partial charge is 0.457 e. The Kier molecular flexibility index (Phi) is 8.27. The summed E-state index contributed by atoms with van der Waals surface area (Å²) in [7, 11) is 1.77. The highest BCUT2D eigenvalue weighted by atomic mass is 127. The minimum absolute atomic E-state index is 0. The first kappa shape index (κ1) is 23.1. The van der Waals surface area contributed by atoms with E-state index < -0.39 is 0 Å². The number of aliphatic imine (C=N–C) groups is 1. The summed E-state index contributed by atoms with van der Waals surface area (Å²) in [6.07, 6.45) is 3.39. The number of benzene rings is 2. The van der Waals surface area contributed by atoms with Crippen molar-refractivity contribution in [3.63, 3.8) is 0 Å². The van der Waals surface area contributed by atoms with Gasteiger partial charge >= 0.3 is 0 Å². The first-order valence-corrected chi connectivity index (χ1v) is 10.4. The highest BCUT2D eigenvalue weighted by Gasteiger charge is 2.15. The van der Waals surface area contributed by atoms with Gasteiger partial charge in [-0.05, 0) is 43.5 Å². The second kappa shape index (κ2) is 11.1. The molecule has 2 heterocycles. The standard InChI is InChI=1S/C23H28N6O.HI/c1-17-11-12-18(20(14-17)30-19-8-4-3-5-9-19)15-25-23(24-2)26-16-22-28-27-21-10-6-7-13-29(21)22;/h3-5,8-9,11-12,14H,6-7,10,13,15-16H2,1-2H3,(H2,24,25,26);1H. The average molecular weight is 532 g/mol. The van der Waals surface area contributed by atoms with E-state index in [2.05, 4.69) is 55.5 Å². The number of nitrogens with zero attached hydrogens (tertiary/aromatic N) is 4. The summed E-state index contributed by atoms with van der Waals surface area (Å²) >= 11 is 0. The molecule has 0 spiro atoms. The minimum Gasteiger partial charge on any atom is -0.457 e.